The molecule has 2 aromatic carbocycles. The Morgan fingerprint density at radius 2 is 2.00 bits per heavy atom. The summed E-state index contributed by atoms with van der Waals surface area (Å²) >= 11 is 7.21. The number of aromatic hydroxyl groups is 1. The van der Waals surface area contributed by atoms with Crippen LogP contribution in [0, 0.1) is 0 Å². The van der Waals surface area contributed by atoms with E-state index in [1.165, 1.54) is 29.1 Å². The van der Waals surface area contributed by atoms with Crippen LogP contribution in [0.3, 0.4) is 0 Å². The summed E-state index contributed by atoms with van der Waals surface area (Å²) in [5, 5.41) is 10.6. The molecular formula is C22H17ClN2O4S. The third-order valence-electron chi connectivity index (χ3n) is 4.82. The van der Waals surface area contributed by atoms with Crippen LogP contribution in [0.25, 0.3) is 6.08 Å². The number of hydrogen-bond donors (Lipinski definition) is 1. The number of phenolic OH excluding ortho intramolecular Hbond substituents is 1. The average Bonchev–Trinajstić information content (AvgIpc) is 3.04. The van der Waals surface area contributed by atoms with Gasteiger partial charge in [-0.05, 0) is 36.8 Å². The summed E-state index contributed by atoms with van der Waals surface area (Å²) < 4.78 is 6.83. The maximum absolute atomic E-state index is 13.4. The Morgan fingerprint density at radius 3 is 2.70 bits per heavy atom. The van der Waals surface area contributed by atoms with Gasteiger partial charge in [-0.25, -0.2) is 9.79 Å². The molecule has 1 unspecified atom stereocenters. The lowest BCUT2D eigenvalue weighted by molar-refractivity contribution is -0.136. The quantitative estimate of drug-likeness (QED) is 0.635. The lowest BCUT2D eigenvalue weighted by Gasteiger charge is -2.24. The largest absolute Gasteiger partial charge is 0.507 e. The van der Waals surface area contributed by atoms with Gasteiger partial charge in [0.05, 0.1) is 29.0 Å². The molecule has 3 aromatic rings. The first kappa shape index (κ1) is 20.1. The van der Waals surface area contributed by atoms with Crippen LogP contribution in [0.15, 0.2) is 69.6 Å². The van der Waals surface area contributed by atoms with E-state index in [0.29, 0.717) is 31.2 Å². The number of thiazole rings is 1. The summed E-state index contributed by atoms with van der Waals surface area (Å²) in [6.45, 7) is 1.72. The van der Waals surface area contributed by atoms with Gasteiger partial charge in [0.25, 0.3) is 5.56 Å². The molecule has 1 aromatic heterocycles. The highest BCUT2D eigenvalue weighted by Crippen LogP contribution is 2.30. The van der Waals surface area contributed by atoms with Gasteiger partial charge in [0.2, 0.25) is 0 Å². The molecule has 0 aliphatic carbocycles. The first-order valence-corrected chi connectivity index (χ1v) is 10.2. The molecule has 30 heavy (non-hydrogen) atoms. The number of benzene rings is 2. The molecule has 0 spiro atoms. The SMILES string of the molecule is COC(=O)C1=C(C)N=c2s/c(=C\c3cc(Cl)ccc3O)c(=O)n2C1c1ccccc1. The molecule has 6 nitrogen and oxygen atoms in total. The monoisotopic (exact) mass is 440 g/mol. The summed E-state index contributed by atoms with van der Waals surface area (Å²) in [6, 6.07) is 13.2. The van der Waals surface area contributed by atoms with Crippen LogP contribution in [0.1, 0.15) is 24.1 Å². The average molecular weight is 441 g/mol. The van der Waals surface area contributed by atoms with Crippen LogP contribution in [0.2, 0.25) is 5.02 Å². The summed E-state index contributed by atoms with van der Waals surface area (Å²) in [6.07, 6.45) is 1.57. The molecule has 0 saturated carbocycles. The Morgan fingerprint density at radius 1 is 1.27 bits per heavy atom. The van der Waals surface area contributed by atoms with Gasteiger partial charge in [-0.15, -0.1) is 0 Å². The number of nitrogens with zero attached hydrogens (tertiary/aromatic N) is 2. The third-order valence-corrected chi connectivity index (χ3v) is 6.04. The molecule has 1 aliphatic rings. The number of methoxy groups -OCH3 is 1. The lowest BCUT2D eigenvalue weighted by atomic mass is 9.96. The van der Waals surface area contributed by atoms with E-state index >= 15 is 0 Å². The van der Waals surface area contributed by atoms with Crippen molar-refractivity contribution < 1.29 is 14.6 Å². The van der Waals surface area contributed by atoms with E-state index in [1.54, 1.807) is 25.1 Å². The van der Waals surface area contributed by atoms with Crippen LogP contribution >= 0.6 is 22.9 Å². The van der Waals surface area contributed by atoms with Gasteiger partial charge in [-0.2, -0.15) is 0 Å². The second kappa shape index (κ2) is 7.93. The Kier molecular flexibility index (Phi) is 5.32. The first-order valence-electron chi connectivity index (χ1n) is 9.05. The molecule has 0 amide bonds. The van der Waals surface area contributed by atoms with Gasteiger partial charge in [0.15, 0.2) is 4.80 Å². The zero-order valence-corrected chi connectivity index (χ0v) is 17.7. The summed E-state index contributed by atoms with van der Waals surface area (Å²) in [5.41, 5.74) is 1.68. The molecule has 1 N–H and O–H groups in total. The van der Waals surface area contributed by atoms with Gasteiger partial charge in [-0.1, -0.05) is 53.3 Å². The van der Waals surface area contributed by atoms with E-state index in [4.69, 9.17) is 16.3 Å². The minimum atomic E-state index is -0.662. The number of aromatic nitrogens is 1. The second-order valence-electron chi connectivity index (χ2n) is 6.69. The Bertz CT molecular complexity index is 1360. The van der Waals surface area contributed by atoms with E-state index in [9.17, 15) is 14.7 Å². The van der Waals surface area contributed by atoms with E-state index in [0.717, 1.165) is 5.56 Å². The third kappa shape index (κ3) is 3.46. The van der Waals surface area contributed by atoms with Crippen molar-refractivity contribution in [1.82, 2.24) is 4.57 Å². The minimum Gasteiger partial charge on any atom is -0.507 e. The van der Waals surface area contributed by atoms with Gasteiger partial charge >= 0.3 is 5.97 Å². The first-order chi connectivity index (χ1) is 14.4. The number of esters is 1. The van der Waals surface area contributed by atoms with Gasteiger partial charge in [0, 0.05) is 10.6 Å². The predicted octanol–water partition coefficient (Wildman–Crippen LogP) is 2.77. The molecule has 4 rings (SSSR count). The predicted molar refractivity (Wildman–Crippen MR) is 115 cm³/mol. The highest BCUT2D eigenvalue weighted by molar-refractivity contribution is 7.07. The molecule has 0 saturated heterocycles. The van der Waals surface area contributed by atoms with E-state index in [2.05, 4.69) is 4.99 Å². The number of fused-ring (bicyclic) bond motifs is 1. The zero-order valence-electron chi connectivity index (χ0n) is 16.1. The van der Waals surface area contributed by atoms with Crippen molar-refractivity contribution in [3.05, 3.63) is 95.6 Å². The maximum atomic E-state index is 13.4. The van der Waals surface area contributed by atoms with Crippen LogP contribution in [0.5, 0.6) is 5.75 Å². The van der Waals surface area contributed by atoms with E-state index in [-0.39, 0.29) is 11.3 Å². The van der Waals surface area contributed by atoms with Crippen molar-refractivity contribution in [2.45, 2.75) is 13.0 Å². The number of ether oxygens (including phenoxy) is 1. The molecule has 0 radical (unpaired) electrons. The minimum absolute atomic E-state index is 0.0104. The fraction of sp³-hybridized carbons (Fsp3) is 0.136. The lowest BCUT2D eigenvalue weighted by Crippen LogP contribution is -2.39. The van der Waals surface area contributed by atoms with Crippen molar-refractivity contribution in [2.75, 3.05) is 7.11 Å². The van der Waals surface area contributed by atoms with Gasteiger partial charge in [-0.3, -0.25) is 9.36 Å². The molecule has 8 heteroatoms. The van der Waals surface area contributed by atoms with Crippen molar-refractivity contribution in [3.8, 4) is 5.75 Å². The Hall–Kier alpha value is -3.16. The second-order valence-corrected chi connectivity index (χ2v) is 8.13. The zero-order chi connectivity index (χ0) is 21.4. The van der Waals surface area contributed by atoms with Gasteiger partial charge < -0.3 is 9.84 Å². The highest BCUT2D eigenvalue weighted by Gasteiger charge is 2.32. The van der Waals surface area contributed by atoms with E-state index in [1.807, 2.05) is 30.3 Å². The molecular weight excluding hydrogens is 424 g/mol. The number of carbonyl (C=O) groups is 1. The molecule has 1 aliphatic heterocycles. The number of allylic oxidation sites excluding steroid dienone is 1. The van der Waals surface area contributed by atoms with Crippen LogP contribution in [-0.4, -0.2) is 22.8 Å². The topological polar surface area (TPSA) is 80.9 Å². The molecule has 1 atom stereocenters. The van der Waals surface area contributed by atoms with E-state index < -0.39 is 12.0 Å². The van der Waals surface area contributed by atoms with Crippen molar-refractivity contribution in [2.24, 2.45) is 4.99 Å². The summed E-state index contributed by atoms with van der Waals surface area (Å²) in [4.78, 5) is 30.9. The van der Waals surface area contributed by atoms with Crippen molar-refractivity contribution in [1.29, 1.82) is 0 Å². The molecule has 0 fully saturated rings. The Balaban J connectivity index is 2.00. The summed E-state index contributed by atoms with van der Waals surface area (Å²) in [7, 11) is 1.30. The van der Waals surface area contributed by atoms with Crippen LogP contribution < -0.4 is 14.9 Å². The normalized spacial score (nSPS) is 16.2. The number of hydrogen-bond acceptors (Lipinski definition) is 6. The van der Waals surface area contributed by atoms with Crippen LogP contribution in [0.4, 0.5) is 0 Å². The smallest absolute Gasteiger partial charge is 0.338 e. The number of rotatable bonds is 3. The number of carbonyl (C=O) groups excluding carboxylic acids is 1. The van der Waals surface area contributed by atoms with Gasteiger partial charge in [0.1, 0.15) is 5.75 Å². The molecule has 0 bridgehead atoms. The summed E-state index contributed by atoms with van der Waals surface area (Å²) in [5.74, 6) is -0.525. The highest BCUT2D eigenvalue weighted by atomic mass is 35.5. The number of halogens is 1. The van der Waals surface area contributed by atoms with Crippen LogP contribution in [-0.2, 0) is 9.53 Å². The Labute approximate surface area is 180 Å². The maximum Gasteiger partial charge on any atom is 0.338 e. The standard InChI is InChI=1S/C22H17ClN2O4S/c1-12-18(21(28)29-2)19(13-6-4-3-5-7-13)25-20(27)17(30-22(25)24-12)11-14-10-15(23)8-9-16(14)26/h3-11,19,26H,1-2H3/b17-11-. The molecule has 2 heterocycles. The fourth-order valence-electron chi connectivity index (χ4n) is 3.43. The fourth-order valence-corrected chi connectivity index (χ4v) is 4.64. The number of phenols is 1. The van der Waals surface area contributed by atoms with Crippen molar-refractivity contribution in [3.63, 3.8) is 0 Å². The van der Waals surface area contributed by atoms with Crippen molar-refractivity contribution >= 4 is 35.0 Å². The molecule has 152 valence electrons.